The Bertz CT molecular complexity index is 562. The molecule has 0 amide bonds. The Labute approximate surface area is 121 Å². The van der Waals surface area contributed by atoms with Gasteiger partial charge in [0, 0.05) is 13.7 Å². The lowest BCUT2D eigenvalue weighted by atomic mass is 10.1. The first-order valence-corrected chi connectivity index (χ1v) is 8.66. The van der Waals surface area contributed by atoms with Gasteiger partial charge in [0.1, 0.15) is 0 Å². The highest BCUT2D eigenvalue weighted by Gasteiger charge is 2.23. The molecular weight excluding hydrogens is 274 g/mol. The molecule has 1 saturated heterocycles. The summed E-state index contributed by atoms with van der Waals surface area (Å²) in [6.07, 6.45) is 2.70. The predicted octanol–water partition coefficient (Wildman–Crippen LogP) is 2.64. The number of hydrogen-bond donors (Lipinski definition) is 0. The van der Waals surface area contributed by atoms with Crippen molar-refractivity contribution >= 4 is 15.7 Å². The van der Waals surface area contributed by atoms with Gasteiger partial charge in [-0.25, -0.2) is 8.42 Å². The van der Waals surface area contributed by atoms with Crippen LogP contribution in [0.15, 0.2) is 18.2 Å². The monoisotopic (exact) mass is 297 g/mol. The fourth-order valence-corrected chi connectivity index (χ4v) is 3.94. The van der Waals surface area contributed by atoms with Crippen molar-refractivity contribution in [2.75, 3.05) is 23.7 Å². The van der Waals surface area contributed by atoms with Gasteiger partial charge in [-0.2, -0.15) is 0 Å². The van der Waals surface area contributed by atoms with Gasteiger partial charge in [0.2, 0.25) is 10.0 Å². The average Bonchev–Trinajstić information content (AvgIpc) is 2.89. The number of ether oxygens (including phenoxy) is 1. The number of sulfonamides is 1. The lowest BCUT2D eigenvalue weighted by Crippen LogP contribution is -2.31. The first kappa shape index (κ1) is 15.3. The number of benzene rings is 1. The zero-order valence-electron chi connectivity index (χ0n) is 12.4. The van der Waals surface area contributed by atoms with E-state index >= 15 is 0 Å². The van der Waals surface area contributed by atoms with E-state index in [1.165, 1.54) is 4.31 Å². The topological polar surface area (TPSA) is 46.6 Å². The van der Waals surface area contributed by atoms with Crippen LogP contribution in [0.4, 0.5) is 5.69 Å². The van der Waals surface area contributed by atoms with Gasteiger partial charge in [0.15, 0.2) is 0 Å². The Hall–Kier alpha value is -1.07. The number of aryl methyl sites for hydroxylation is 2. The summed E-state index contributed by atoms with van der Waals surface area (Å²) in [6, 6.07) is 5.81. The lowest BCUT2D eigenvalue weighted by Gasteiger charge is -2.22. The highest BCUT2D eigenvalue weighted by atomic mass is 32.2. The van der Waals surface area contributed by atoms with E-state index in [1.807, 2.05) is 32.0 Å². The molecule has 1 aliphatic rings. The van der Waals surface area contributed by atoms with E-state index < -0.39 is 10.0 Å². The zero-order chi connectivity index (χ0) is 14.8. The smallest absolute Gasteiger partial charge is 0.235 e. The molecule has 112 valence electrons. The fraction of sp³-hybridized carbons (Fsp3) is 0.600. The average molecular weight is 297 g/mol. The number of hydrogen-bond acceptors (Lipinski definition) is 3. The third-order valence-electron chi connectivity index (χ3n) is 3.83. The maximum atomic E-state index is 12.4. The predicted molar refractivity (Wildman–Crippen MR) is 81.7 cm³/mol. The Morgan fingerprint density at radius 2 is 2.10 bits per heavy atom. The van der Waals surface area contributed by atoms with Crippen LogP contribution in [-0.4, -0.2) is 33.9 Å². The second kappa shape index (κ2) is 6.14. The minimum atomic E-state index is -3.28. The molecule has 0 saturated carbocycles. The zero-order valence-corrected chi connectivity index (χ0v) is 13.2. The molecule has 20 heavy (non-hydrogen) atoms. The quantitative estimate of drug-likeness (QED) is 0.839. The van der Waals surface area contributed by atoms with Crippen molar-refractivity contribution in [3.63, 3.8) is 0 Å². The summed E-state index contributed by atoms with van der Waals surface area (Å²) in [5, 5.41) is 0. The molecule has 1 aliphatic heterocycles. The molecule has 4 nitrogen and oxygen atoms in total. The fourth-order valence-electron chi connectivity index (χ4n) is 2.60. The maximum Gasteiger partial charge on any atom is 0.235 e. The third kappa shape index (κ3) is 3.52. The molecule has 2 rings (SSSR count). The highest BCUT2D eigenvalue weighted by Crippen LogP contribution is 2.24. The van der Waals surface area contributed by atoms with Gasteiger partial charge in [-0.15, -0.1) is 0 Å². The molecule has 0 bridgehead atoms. The third-order valence-corrected chi connectivity index (χ3v) is 5.61. The van der Waals surface area contributed by atoms with Crippen molar-refractivity contribution in [3.8, 4) is 0 Å². The van der Waals surface area contributed by atoms with Gasteiger partial charge in [-0.3, -0.25) is 4.31 Å². The summed E-state index contributed by atoms with van der Waals surface area (Å²) in [6.45, 7) is 4.70. The summed E-state index contributed by atoms with van der Waals surface area (Å²) in [5.41, 5.74) is 2.87. The molecular formula is C15H23NO3S. The molecule has 0 aliphatic carbocycles. The second-order valence-corrected chi connectivity index (χ2v) is 7.62. The molecule has 0 N–H and O–H groups in total. The largest absolute Gasteiger partial charge is 0.378 e. The SMILES string of the molecule is Cc1ccc(N(C)S(=O)(=O)CC[C@@H]2CCCO2)c(C)c1. The minimum absolute atomic E-state index is 0.109. The molecule has 0 radical (unpaired) electrons. The van der Waals surface area contributed by atoms with E-state index in [0.717, 1.165) is 36.3 Å². The van der Waals surface area contributed by atoms with Crippen LogP contribution >= 0.6 is 0 Å². The first-order chi connectivity index (χ1) is 9.40. The Morgan fingerprint density at radius 1 is 1.35 bits per heavy atom. The van der Waals surface area contributed by atoms with Gasteiger partial charge in [-0.05, 0) is 44.7 Å². The summed E-state index contributed by atoms with van der Waals surface area (Å²) >= 11 is 0. The van der Waals surface area contributed by atoms with Gasteiger partial charge >= 0.3 is 0 Å². The van der Waals surface area contributed by atoms with Crippen LogP contribution in [0.5, 0.6) is 0 Å². The van der Waals surface area contributed by atoms with Crippen LogP contribution in [0.3, 0.4) is 0 Å². The molecule has 1 aromatic carbocycles. The first-order valence-electron chi connectivity index (χ1n) is 7.05. The van der Waals surface area contributed by atoms with E-state index in [1.54, 1.807) is 7.05 Å². The van der Waals surface area contributed by atoms with Crippen molar-refractivity contribution in [3.05, 3.63) is 29.3 Å². The molecule has 1 heterocycles. The summed E-state index contributed by atoms with van der Waals surface area (Å²) < 4.78 is 31.7. The van der Waals surface area contributed by atoms with E-state index in [0.29, 0.717) is 6.42 Å². The van der Waals surface area contributed by atoms with E-state index in [-0.39, 0.29) is 11.9 Å². The molecule has 0 spiro atoms. The van der Waals surface area contributed by atoms with Crippen LogP contribution < -0.4 is 4.31 Å². The van der Waals surface area contributed by atoms with Crippen molar-refractivity contribution in [2.45, 2.75) is 39.2 Å². The number of nitrogens with zero attached hydrogens (tertiary/aromatic N) is 1. The molecule has 1 aromatic rings. The standard InChI is InChI=1S/C15H23NO3S/c1-12-6-7-15(13(2)11-12)16(3)20(17,18)10-8-14-5-4-9-19-14/h6-7,11,14H,4-5,8-10H2,1-3H3/t14-/m0/s1. The normalized spacial score (nSPS) is 19.2. The van der Waals surface area contributed by atoms with E-state index in [2.05, 4.69) is 0 Å². The number of anilines is 1. The van der Waals surface area contributed by atoms with Gasteiger partial charge in [0.25, 0.3) is 0 Å². The van der Waals surface area contributed by atoms with Crippen molar-refractivity contribution in [1.29, 1.82) is 0 Å². The lowest BCUT2D eigenvalue weighted by molar-refractivity contribution is 0.109. The summed E-state index contributed by atoms with van der Waals surface area (Å²) in [4.78, 5) is 0. The molecule has 5 heteroatoms. The summed E-state index contributed by atoms with van der Waals surface area (Å²) in [7, 11) is -1.66. The van der Waals surface area contributed by atoms with E-state index in [9.17, 15) is 8.42 Å². The molecule has 1 atom stereocenters. The van der Waals surface area contributed by atoms with Crippen LogP contribution in [-0.2, 0) is 14.8 Å². The molecule has 0 unspecified atom stereocenters. The highest BCUT2D eigenvalue weighted by molar-refractivity contribution is 7.92. The Kier molecular flexibility index (Phi) is 4.70. The summed E-state index contributed by atoms with van der Waals surface area (Å²) in [5.74, 6) is 0.140. The number of rotatable bonds is 5. The maximum absolute atomic E-state index is 12.4. The van der Waals surface area contributed by atoms with Crippen molar-refractivity contribution in [2.24, 2.45) is 0 Å². The molecule has 0 aromatic heterocycles. The Balaban J connectivity index is 2.07. The van der Waals surface area contributed by atoms with Crippen molar-refractivity contribution < 1.29 is 13.2 Å². The van der Waals surface area contributed by atoms with Crippen LogP contribution in [0, 0.1) is 13.8 Å². The molecule has 1 fully saturated rings. The Morgan fingerprint density at radius 3 is 2.70 bits per heavy atom. The van der Waals surface area contributed by atoms with Gasteiger partial charge in [-0.1, -0.05) is 17.7 Å². The van der Waals surface area contributed by atoms with Gasteiger partial charge in [0.05, 0.1) is 17.5 Å². The van der Waals surface area contributed by atoms with Crippen LogP contribution in [0.1, 0.15) is 30.4 Å². The van der Waals surface area contributed by atoms with Crippen LogP contribution in [0.2, 0.25) is 0 Å². The minimum Gasteiger partial charge on any atom is -0.378 e. The van der Waals surface area contributed by atoms with Crippen LogP contribution in [0.25, 0.3) is 0 Å². The second-order valence-electron chi connectivity index (χ2n) is 5.50. The van der Waals surface area contributed by atoms with Crippen molar-refractivity contribution in [1.82, 2.24) is 0 Å². The van der Waals surface area contributed by atoms with Gasteiger partial charge < -0.3 is 4.74 Å². The van der Waals surface area contributed by atoms with E-state index in [4.69, 9.17) is 4.74 Å².